The molecule has 1 heterocycles. The molecule has 4 nitrogen and oxygen atoms in total. The minimum atomic E-state index is -0.523. The van der Waals surface area contributed by atoms with E-state index < -0.39 is 6.10 Å². The highest BCUT2D eigenvalue weighted by molar-refractivity contribution is 5.81. The standard InChI is InChI=1S/C23H29NO3/c1-6-20(26-17-12-11-15(2)16(3)13-17)22(25)24-19-14-23(4,5)27-21-10-8-7-9-18(19)21/h7-13,19-20H,6,14H2,1-5H3,(H,24,25). The minimum absolute atomic E-state index is 0.0881. The SMILES string of the molecule is CCC(Oc1ccc(C)c(C)c1)C(=O)NC1CC(C)(C)Oc2ccccc21. The molecule has 4 heteroatoms. The second-order valence-corrected chi connectivity index (χ2v) is 7.93. The molecule has 0 fully saturated rings. The number of para-hydroxylation sites is 1. The summed E-state index contributed by atoms with van der Waals surface area (Å²) in [5.74, 6) is 1.48. The zero-order chi connectivity index (χ0) is 19.6. The number of hydrogen-bond acceptors (Lipinski definition) is 3. The average molecular weight is 367 g/mol. The van der Waals surface area contributed by atoms with Crippen molar-refractivity contribution in [3.05, 3.63) is 59.2 Å². The number of ether oxygens (including phenoxy) is 2. The Bertz CT molecular complexity index is 828. The quantitative estimate of drug-likeness (QED) is 0.819. The van der Waals surface area contributed by atoms with Crippen molar-refractivity contribution in [2.45, 2.75) is 65.2 Å². The second-order valence-electron chi connectivity index (χ2n) is 7.93. The van der Waals surface area contributed by atoms with Crippen molar-refractivity contribution >= 4 is 5.91 Å². The fraction of sp³-hybridized carbons (Fsp3) is 0.435. The van der Waals surface area contributed by atoms with Crippen LogP contribution in [0, 0.1) is 13.8 Å². The summed E-state index contributed by atoms with van der Waals surface area (Å²) in [5, 5.41) is 3.18. The number of amides is 1. The van der Waals surface area contributed by atoms with Gasteiger partial charge >= 0.3 is 0 Å². The van der Waals surface area contributed by atoms with Crippen LogP contribution in [0.1, 0.15) is 56.3 Å². The van der Waals surface area contributed by atoms with Crippen LogP contribution in [0.5, 0.6) is 11.5 Å². The molecule has 0 saturated heterocycles. The highest BCUT2D eigenvalue weighted by Gasteiger charge is 2.35. The molecule has 27 heavy (non-hydrogen) atoms. The molecule has 0 aliphatic carbocycles. The van der Waals surface area contributed by atoms with Crippen LogP contribution in [-0.4, -0.2) is 17.6 Å². The van der Waals surface area contributed by atoms with Crippen molar-refractivity contribution in [3.63, 3.8) is 0 Å². The maximum Gasteiger partial charge on any atom is 0.261 e. The van der Waals surface area contributed by atoms with Crippen LogP contribution in [0.15, 0.2) is 42.5 Å². The summed E-state index contributed by atoms with van der Waals surface area (Å²) < 4.78 is 12.1. The Kier molecular flexibility index (Phi) is 5.45. The number of fused-ring (bicyclic) bond motifs is 1. The molecule has 0 spiro atoms. The number of hydrogen-bond donors (Lipinski definition) is 1. The third-order valence-electron chi connectivity index (χ3n) is 5.11. The number of carbonyl (C=O) groups is 1. The number of carbonyl (C=O) groups excluding carboxylic acids is 1. The number of aryl methyl sites for hydroxylation is 2. The maximum atomic E-state index is 12.9. The molecule has 2 aromatic carbocycles. The summed E-state index contributed by atoms with van der Waals surface area (Å²) >= 11 is 0. The molecule has 1 aliphatic rings. The first-order valence-electron chi connectivity index (χ1n) is 9.61. The molecule has 3 rings (SSSR count). The largest absolute Gasteiger partial charge is 0.487 e. The van der Waals surface area contributed by atoms with Gasteiger partial charge < -0.3 is 14.8 Å². The summed E-state index contributed by atoms with van der Waals surface area (Å²) in [4.78, 5) is 12.9. The molecule has 0 radical (unpaired) electrons. The van der Waals surface area contributed by atoms with Crippen LogP contribution in [0.4, 0.5) is 0 Å². The summed E-state index contributed by atoms with van der Waals surface area (Å²) in [7, 11) is 0. The Labute approximate surface area is 161 Å². The van der Waals surface area contributed by atoms with Crippen molar-refractivity contribution in [1.29, 1.82) is 0 Å². The molecule has 0 bridgehead atoms. The molecular formula is C23H29NO3. The topological polar surface area (TPSA) is 47.6 Å². The van der Waals surface area contributed by atoms with Gasteiger partial charge in [-0.3, -0.25) is 4.79 Å². The molecule has 0 aromatic heterocycles. The first kappa shape index (κ1) is 19.3. The fourth-order valence-corrected chi connectivity index (χ4v) is 3.47. The molecular weight excluding hydrogens is 338 g/mol. The lowest BCUT2D eigenvalue weighted by molar-refractivity contribution is -0.129. The van der Waals surface area contributed by atoms with E-state index in [1.54, 1.807) is 0 Å². The van der Waals surface area contributed by atoms with E-state index in [1.165, 1.54) is 5.56 Å². The van der Waals surface area contributed by atoms with Gasteiger partial charge in [0.1, 0.15) is 17.1 Å². The van der Waals surface area contributed by atoms with E-state index in [4.69, 9.17) is 9.47 Å². The Morgan fingerprint density at radius 1 is 1.22 bits per heavy atom. The van der Waals surface area contributed by atoms with Crippen LogP contribution < -0.4 is 14.8 Å². The Balaban J connectivity index is 1.75. The average Bonchev–Trinajstić information content (AvgIpc) is 2.61. The Morgan fingerprint density at radius 3 is 2.67 bits per heavy atom. The van der Waals surface area contributed by atoms with Gasteiger partial charge in [0.25, 0.3) is 5.91 Å². The maximum absolute atomic E-state index is 12.9. The third-order valence-corrected chi connectivity index (χ3v) is 5.11. The van der Waals surface area contributed by atoms with Crippen molar-refractivity contribution in [2.75, 3.05) is 0 Å². The zero-order valence-electron chi connectivity index (χ0n) is 16.8. The van der Waals surface area contributed by atoms with Gasteiger partial charge in [0.15, 0.2) is 6.10 Å². The van der Waals surface area contributed by atoms with Crippen molar-refractivity contribution in [1.82, 2.24) is 5.32 Å². The highest BCUT2D eigenvalue weighted by Crippen LogP contribution is 2.39. The van der Waals surface area contributed by atoms with Crippen LogP contribution in [-0.2, 0) is 4.79 Å². The summed E-state index contributed by atoms with van der Waals surface area (Å²) in [6, 6.07) is 13.7. The van der Waals surface area contributed by atoms with Gasteiger partial charge in [-0.1, -0.05) is 31.2 Å². The van der Waals surface area contributed by atoms with Gasteiger partial charge in [0.2, 0.25) is 0 Å². The molecule has 2 aromatic rings. The normalized spacial score (nSPS) is 18.8. The van der Waals surface area contributed by atoms with Crippen molar-refractivity contribution in [3.8, 4) is 11.5 Å². The zero-order valence-corrected chi connectivity index (χ0v) is 16.8. The van der Waals surface area contributed by atoms with Gasteiger partial charge in [0.05, 0.1) is 6.04 Å². The predicted molar refractivity (Wildman–Crippen MR) is 107 cm³/mol. The van der Waals surface area contributed by atoms with Crippen LogP contribution >= 0.6 is 0 Å². The Morgan fingerprint density at radius 2 is 1.96 bits per heavy atom. The van der Waals surface area contributed by atoms with Gasteiger partial charge in [-0.05, 0) is 63.4 Å². The van der Waals surface area contributed by atoms with E-state index in [1.807, 2.05) is 70.2 Å². The monoisotopic (exact) mass is 367 g/mol. The second kappa shape index (κ2) is 7.63. The number of rotatable bonds is 5. The molecule has 144 valence electrons. The van der Waals surface area contributed by atoms with Gasteiger partial charge in [-0.2, -0.15) is 0 Å². The van der Waals surface area contributed by atoms with Crippen LogP contribution in [0.3, 0.4) is 0 Å². The number of benzene rings is 2. The Hall–Kier alpha value is -2.49. The van der Waals surface area contributed by atoms with E-state index in [2.05, 4.69) is 12.2 Å². The minimum Gasteiger partial charge on any atom is -0.487 e. The van der Waals surface area contributed by atoms with E-state index >= 15 is 0 Å². The van der Waals surface area contributed by atoms with Gasteiger partial charge in [-0.15, -0.1) is 0 Å². The molecule has 2 unspecified atom stereocenters. The first-order chi connectivity index (χ1) is 12.8. The molecule has 1 N–H and O–H groups in total. The lowest BCUT2D eigenvalue weighted by atomic mass is 9.89. The molecule has 1 aliphatic heterocycles. The smallest absolute Gasteiger partial charge is 0.261 e. The highest BCUT2D eigenvalue weighted by atomic mass is 16.5. The molecule has 2 atom stereocenters. The van der Waals surface area contributed by atoms with Gasteiger partial charge in [-0.25, -0.2) is 0 Å². The van der Waals surface area contributed by atoms with E-state index in [0.717, 1.165) is 29.0 Å². The van der Waals surface area contributed by atoms with Gasteiger partial charge in [0, 0.05) is 12.0 Å². The summed E-state index contributed by atoms with van der Waals surface area (Å²) in [5.41, 5.74) is 3.05. The van der Waals surface area contributed by atoms with E-state index in [0.29, 0.717) is 6.42 Å². The van der Waals surface area contributed by atoms with E-state index in [-0.39, 0.29) is 17.6 Å². The molecule has 0 saturated carbocycles. The number of nitrogens with one attached hydrogen (secondary N) is 1. The first-order valence-corrected chi connectivity index (χ1v) is 9.61. The lowest BCUT2D eigenvalue weighted by Gasteiger charge is -2.38. The van der Waals surface area contributed by atoms with Crippen molar-refractivity contribution < 1.29 is 14.3 Å². The predicted octanol–water partition coefficient (Wildman–Crippen LogP) is 4.88. The van der Waals surface area contributed by atoms with Crippen molar-refractivity contribution in [2.24, 2.45) is 0 Å². The summed E-state index contributed by atoms with van der Waals surface area (Å²) in [6.45, 7) is 10.2. The summed E-state index contributed by atoms with van der Waals surface area (Å²) in [6.07, 6.45) is 0.799. The lowest BCUT2D eigenvalue weighted by Crippen LogP contribution is -2.45. The van der Waals surface area contributed by atoms with Crippen LogP contribution in [0.25, 0.3) is 0 Å². The third kappa shape index (κ3) is 4.44. The van der Waals surface area contributed by atoms with Crippen LogP contribution in [0.2, 0.25) is 0 Å². The molecule has 1 amide bonds. The fourth-order valence-electron chi connectivity index (χ4n) is 3.47. The van der Waals surface area contributed by atoms with E-state index in [9.17, 15) is 4.79 Å².